The van der Waals surface area contributed by atoms with Crippen LogP contribution in [0.2, 0.25) is 0 Å². The molecule has 1 heterocycles. The molecule has 7 heteroatoms. The molecule has 0 aliphatic rings. The van der Waals surface area contributed by atoms with Gasteiger partial charge in [0.15, 0.2) is 5.82 Å². The van der Waals surface area contributed by atoms with Crippen LogP contribution in [-0.2, 0) is 23.2 Å². The Labute approximate surface area is 119 Å². The normalized spacial score (nSPS) is 11.8. The van der Waals surface area contributed by atoms with Gasteiger partial charge in [-0.15, -0.1) is 0 Å². The molecule has 0 aliphatic heterocycles. The van der Waals surface area contributed by atoms with E-state index >= 15 is 0 Å². The van der Waals surface area contributed by atoms with Gasteiger partial charge in [0, 0.05) is 25.4 Å². The van der Waals surface area contributed by atoms with Crippen molar-refractivity contribution < 1.29 is 8.42 Å². The SMILES string of the molecule is CCc1cc(NS(=O)(=O)N(C)Cc2ccccc2)n[nH]1. The number of hydrogen-bond donors (Lipinski definition) is 2. The lowest BCUT2D eigenvalue weighted by Gasteiger charge is -2.17. The van der Waals surface area contributed by atoms with E-state index in [4.69, 9.17) is 0 Å². The zero-order valence-electron chi connectivity index (χ0n) is 11.5. The molecule has 0 bridgehead atoms. The summed E-state index contributed by atoms with van der Waals surface area (Å²) in [6, 6.07) is 11.1. The van der Waals surface area contributed by atoms with Crippen molar-refractivity contribution >= 4 is 16.0 Å². The van der Waals surface area contributed by atoms with Crippen LogP contribution in [0.5, 0.6) is 0 Å². The second-order valence-corrected chi connectivity index (χ2v) is 6.26. The Hall–Kier alpha value is -1.86. The highest BCUT2D eigenvalue weighted by Crippen LogP contribution is 2.12. The van der Waals surface area contributed by atoms with Gasteiger partial charge in [0.25, 0.3) is 0 Å². The predicted molar refractivity (Wildman–Crippen MR) is 78.4 cm³/mol. The van der Waals surface area contributed by atoms with Gasteiger partial charge in [-0.2, -0.15) is 17.8 Å². The van der Waals surface area contributed by atoms with Crippen molar-refractivity contribution in [3.8, 4) is 0 Å². The number of aromatic nitrogens is 2. The average molecular weight is 294 g/mol. The third-order valence-electron chi connectivity index (χ3n) is 2.90. The van der Waals surface area contributed by atoms with Crippen LogP contribution in [-0.4, -0.2) is 30.0 Å². The Morgan fingerprint density at radius 3 is 2.60 bits per heavy atom. The molecule has 0 spiro atoms. The molecule has 20 heavy (non-hydrogen) atoms. The summed E-state index contributed by atoms with van der Waals surface area (Å²) < 4.78 is 28.0. The number of nitrogens with one attached hydrogen (secondary N) is 2. The maximum absolute atomic E-state index is 12.2. The Bertz CT molecular complexity index is 652. The highest BCUT2D eigenvalue weighted by Gasteiger charge is 2.19. The van der Waals surface area contributed by atoms with Gasteiger partial charge in [0.2, 0.25) is 0 Å². The number of rotatable bonds is 6. The Morgan fingerprint density at radius 1 is 1.30 bits per heavy atom. The molecular formula is C13H18N4O2S. The Morgan fingerprint density at radius 2 is 2.00 bits per heavy atom. The van der Waals surface area contributed by atoms with Crippen molar-refractivity contribution in [3.63, 3.8) is 0 Å². The van der Waals surface area contributed by atoms with E-state index in [-0.39, 0.29) is 0 Å². The van der Waals surface area contributed by atoms with E-state index in [1.165, 1.54) is 11.4 Å². The second kappa shape index (κ2) is 6.06. The van der Waals surface area contributed by atoms with E-state index < -0.39 is 10.2 Å². The maximum atomic E-state index is 12.2. The molecule has 0 radical (unpaired) electrons. The molecule has 0 amide bonds. The second-order valence-electron chi connectivity index (χ2n) is 4.48. The van der Waals surface area contributed by atoms with Gasteiger partial charge in [-0.1, -0.05) is 37.3 Å². The first-order valence-electron chi connectivity index (χ1n) is 6.33. The molecule has 2 N–H and O–H groups in total. The number of anilines is 1. The lowest BCUT2D eigenvalue weighted by atomic mass is 10.2. The smallest absolute Gasteiger partial charge is 0.280 e. The van der Waals surface area contributed by atoms with Crippen LogP contribution in [0.4, 0.5) is 5.82 Å². The van der Waals surface area contributed by atoms with E-state index in [9.17, 15) is 8.42 Å². The first-order valence-corrected chi connectivity index (χ1v) is 7.77. The molecule has 1 aromatic carbocycles. The Kier molecular flexibility index (Phi) is 4.41. The van der Waals surface area contributed by atoms with Crippen molar-refractivity contribution in [1.29, 1.82) is 0 Å². The van der Waals surface area contributed by atoms with Gasteiger partial charge in [-0.3, -0.25) is 9.82 Å². The van der Waals surface area contributed by atoms with Crippen LogP contribution in [0.1, 0.15) is 18.2 Å². The van der Waals surface area contributed by atoms with Gasteiger partial charge in [-0.25, -0.2) is 0 Å². The van der Waals surface area contributed by atoms with Crippen LogP contribution in [0, 0.1) is 0 Å². The molecule has 0 unspecified atom stereocenters. The molecule has 0 aliphatic carbocycles. The van der Waals surface area contributed by atoms with Crippen LogP contribution >= 0.6 is 0 Å². The van der Waals surface area contributed by atoms with E-state index in [0.29, 0.717) is 12.4 Å². The fraction of sp³-hybridized carbons (Fsp3) is 0.308. The van der Waals surface area contributed by atoms with Gasteiger partial charge in [0.05, 0.1) is 0 Å². The predicted octanol–water partition coefficient (Wildman–Crippen LogP) is 1.76. The van der Waals surface area contributed by atoms with Gasteiger partial charge < -0.3 is 0 Å². The number of hydrogen-bond acceptors (Lipinski definition) is 3. The van der Waals surface area contributed by atoms with E-state index in [1.54, 1.807) is 6.07 Å². The zero-order chi connectivity index (χ0) is 14.6. The summed E-state index contributed by atoms with van der Waals surface area (Å²) in [5.41, 5.74) is 1.81. The fourth-order valence-electron chi connectivity index (χ4n) is 1.73. The molecule has 0 atom stereocenters. The molecule has 0 saturated heterocycles. The topological polar surface area (TPSA) is 78.1 Å². The molecule has 0 fully saturated rings. The van der Waals surface area contributed by atoms with Crippen molar-refractivity contribution in [3.05, 3.63) is 47.7 Å². The van der Waals surface area contributed by atoms with Crippen molar-refractivity contribution in [2.45, 2.75) is 19.9 Å². The zero-order valence-corrected chi connectivity index (χ0v) is 12.3. The summed E-state index contributed by atoms with van der Waals surface area (Å²) in [5.74, 6) is 0.307. The van der Waals surface area contributed by atoms with Crippen LogP contribution in [0.3, 0.4) is 0 Å². The number of aromatic amines is 1. The van der Waals surface area contributed by atoms with Gasteiger partial charge >= 0.3 is 10.2 Å². The summed E-state index contributed by atoms with van der Waals surface area (Å²) >= 11 is 0. The third kappa shape index (κ3) is 3.58. The molecular weight excluding hydrogens is 276 g/mol. The molecule has 0 saturated carbocycles. The quantitative estimate of drug-likeness (QED) is 0.852. The summed E-state index contributed by atoms with van der Waals surface area (Å²) in [7, 11) is -2.08. The largest absolute Gasteiger partial charge is 0.302 e. The first kappa shape index (κ1) is 14.5. The lowest BCUT2D eigenvalue weighted by molar-refractivity contribution is 0.471. The van der Waals surface area contributed by atoms with Gasteiger partial charge in [-0.05, 0) is 12.0 Å². The molecule has 6 nitrogen and oxygen atoms in total. The summed E-state index contributed by atoms with van der Waals surface area (Å²) in [4.78, 5) is 0. The highest BCUT2D eigenvalue weighted by molar-refractivity contribution is 7.90. The monoisotopic (exact) mass is 294 g/mol. The minimum absolute atomic E-state index is 0.307. The van der Waals surface area contributed by atoms with E-state index in [2.05, 4.69) is 14.9 Å². The van der Waals surface area contributed by atoms with Crippen LogP contribution in [0.25, 0.3) is 0 Å². The van der Waals surface area contributed by atoms with Crippen molar-refractivity contribution in [2.75, 3.05) is 11.8 Å². The summed E-state index contributed by atoms with van der Waals surface area (Å²) in [6.07, 6.45) is 0.772. The van der Waals surface area contributed by atoms with Gasteiger partial charge in [0.1, 0.15) is 0 Å². The molecule has 1 aromatic heterocycles. The Balaban J connectivity index is 2.05. The minimum atomic E-state index is -3.61. The summed E-state index contributed by atoms with van der Waals surface area (Å²) in [5, 5.41) is 6.69. The maximum Gasteiger partial charge on any atom is 0.302 e. The minimum Gasteiger partial charge on any atom is -0.280 e. The number of aryl methyl sites for hydroxylation is 1. The highest BCUT2D eigenvalue weighted by atomic mass is 32.2. The average Bonchev–Trinajstić information content (AvgIpc) is 2.86. The van der Waals surface area contributed by atoms with E-state index in [1.807, 2.05) is 37.3 Å². The third-order valence-corrected chi connectivity index (χ3v) is 4.32. The molecule has 2 aromatic rings. The lowest BCUT2D eigenvalue weighted by Crippen LogP contribution is -2.32. The van der Waals surface area contributed by atoms with Crippen LogP contribution in [0.15, 0.2) is 36.4 Å². The van der Waals surface area contributed by atoms with E-state index in [0.717, 1.165) is 17.7 Å². The standard InChI is InChI=1S/C13H18N4O2S/c1-3-12-9-13(15-14-12)16-20(18,19)17(2)10-11-7-5-4-6-8-11/h4-9H,3,10H2,1-2H3,(H2,14,15,16). The van der Waals surface area contributed by atoms with Crippen molar-refractivity contribution in [1.82, 2.24) is 14.5 Å². The fourth-order valence-corrected chi connectivity index (χ4v) is 2.57. The molecule has 2 rings (SSSR count). The molecule has 108 valence electrons. The first-order chi connectivity index (χ1) is 9.51. The summed E-state index contributed by atoms with van der Waals surface area (Å²) in [6.45, 7) is 2.27. The number of nitrogens with zero attached hydrogens (tertiary/aromatic N) is 2. The van der Waals surface area contributed by atoms with Crippen molar-refractivity contribution in [2.24, 2.45) is 0 Å². The number of H-pyrrole nitrogens is 1. The van der Waals surface area contributed by atoms with Crippen LogP contribution < -0.4 is 4.72 Å². The number of benzene rings is 1.